The van der Waals surface area contributed by atoms with Gasteiger partial charge in [0.1, 0.15) is 0 Å². The number of nitrogens with zero attached hydrogens (tertiary/aromatic N) is 1. The van der Waals surface area contributed by atoms with Gasteiger partial charge < -0.3 is 10.6 Å². The SMILES string of the molecule is CC(C)N1CCC(NCCNC(=O)C2CC2)C1. The molecule has 1 unspecified atom stereocenters. The molecular formula is C13H25N3O. The second-order valence-corrected chi connectivity index (χ2v) is 5.59. The van der Waals surface area contributed by atoms with Crippen LogP contribution in [0.5, 0.6) is 0 Å². The summed E-state index contributed by atoms with van der Waals surface area (Å²) in [5, 5.41) is 6.51. The first-order valence-electron chi connectivity index (χ1n) is 6.92. The molecule has 98 valence electrons. The summed E-state index contributed by atoms with van der Waals surface area (Å²) in [5.74, 6) is 0.583. The van der Waals surface area contributed by atoms with Gasteiger partial charge in [-0.1, -0.05) is 0 Å². The van der Waals surface area contributed by atoms with E-state index in [0.717, 1.165) is 32.5 Å². The van der Waals surface area contributed by atoms with Crippen molar-refractivity contribution < 1.29 is 4.79 Å². The first-order valence-corrected chi connectivity index (χ1v) is 6.92. The zero-order valence-corrected chi connectivity index (χ0v) is 11.0. The van der Waals surface area contributed by atoms with E-state index in [1.807, 2.05) is 0 Å². The number of amides is 1. The van der Waals surface area contributed by atoms with Crippen LogP contribution in [-0.4, -0.2) is 49.1 Å². The largest absolute Gasteiger partial charge is 0.355 e. The monoisotopic (exact) mass is 239 g/mol. The highest BCUT2D eigenvalue weighted by Gasteiger charge is 2.29. The molecule has 1 aliphatic heterocycles. The lowest BCUT2D eigenvalue weighted by Crippen LogP contribution is -2.39. The predicted molar refractivity (Wildman–Crippen MR) is 68.9 cm³/mol. The van der Waals surface area contributed by atoms with Gasteiger partial charge in [0.05, 0.1) is 0 Å². The van der Waals surface area contributed by atoms with Crippen LogP contribution in [-0.2, 0) is 4.79 Å². The molecule has 0 bridgehead atoms. The molecule has 1 atom stereocenters. The smallest absolute Gasteiger partial charge is 0.223 e. The molecule has 2 N–H and O–H groups in total. The Morgan fingerprint density at radius 2 is 2.06 bits per heavy atom. The molecule has 0 spiro atoms. The zero-order chi connectivity index (χ0) is 12.3. The van der Waals surface area contributed by atoms with Gasteiger partial charge in [0.15, 0.2) is 0 Å². The maximum atomic E-state index is 11.4. The Bertz CT molecular complexity index is 263. The van der Waals surface area contributed by atoms with Crippen molar-refractivity contribution in [2.45, 2.75) is 45.2 Å². The van der Waals surface area contributed by atoms with Crippen LogP contribution in [0.2, 0.25) is 0 Å². The van der Waals surface area contributed by atoms with Crippen molar-refractivity contribution in [3.63, 3.8) is 0 Å². The average Bonchev–Trinajstić information content (AvgIpc) is 3.03. The van der Waals surface area contributed by atoms with E-state index in [1.165, 1.54) is 13.0 Å². The third-order valence-corrected chi connectivity index (χ3v) is 3.76. The number of nitrogens with one attached hydrogen (secondary N) is 2. The molecule has 0 aromatic carbocycles. The maximum absolute atomic E-state index is 11.4. The molecule has 2 aliphatic rings. The van der Waals surface area contributed by atoms with E-state index >= 15 is 0 Å². The molecule has 1 amide bonds. The third kappa shape index (κ3) is 3.96. The minimum absolute atomic E-state index is 0.252. The van der Waals surface area contributed by atoms with Crippen LogP contribution in [0.4, 0.5) is 0 Å². The fourth-order valence-corrected chi connectivity index (χ4v) is 2.37. The van der Waals surface area contributed by atoms with E-state index in [1.54, 1.807) is 0 Å². The predicted octanol–water partition coefficient (Wildman–Crippen LogP) is 0.585. The summed E-state index contributed by atoms with van der Waals surface area (Å²) in [4.78, 5) is 13.9. The van der Waals surface area contributed by atoms with Gasteiger partial charge in [0.25, 0.3) is 0 Å². The molecule has 2 rings (SSSR count). The molecular weight excluding hydrogens is 214 g/mol. The second kappa shape index (κ2) is 5.83. The Kier molecular flexibility index (Phi) is 4.40. The van der Waals surface area contributed by atoms with Crippen molar-refractivity contribution in [3.8, 4) is 0 Å². The molecule has 2 fully saturated rings. The summed E-state index contributed by atoms with van der Waals surface area (Å²) < 4.78 is 0. The molecule has 0 aromatic rings. The van der Waals surface area contributed by atoms with Gasteiger partial charge in [-0.25, -0.2) is 0 Å². The quantitative estimate of drug-likeness (QED) is 0.667. The number of likely N-dealkylation sites (tertiary alicyclic amines) is 1. The van der Waals surface area contributed by atoms with E-state index < -0.39 is 0 Å². The van der Waals surface area contributed by atoms with Crippen molar-refractivity contribution >= 4 is 5.91 Å². The summed E-state index contributed by atoms with van der Waals surface area (Å²) in [5.41, 5.74) is 0. The number of rotatable bonds is 6. The highest BCUT2D eigenvalue weighted by Crippen LogP contribution is 2.28. The van der Waals surface area contributed by atoms with Crippen LogP contribution in [0.25, 0.3) is 0 Å². The topological polar surface area (TPSA) is 44.4 Å². The average molecular weight is 239 g/mol. The molecule has 4 nitrogen and oxygen atoms in total. The molecule has 1 heterocycles. The lowest BCUT2D eigenvalue weighted by atomic mass is 10.2. The highest BCUT2D eigenvalue weighted by atomic mass is 16.2. The normalized spacial score (nSPS) is 25.5. The van der Waals surface area contributed by atoms with Crippen LogP contribution in [0.3, 0.4) is 0 Å². The zero-order valence-electron chi connectivity index (χ0n) is 11.0. The number of carbonyl (C=O) groups is 1. The van der Waals surface area contributed by atoms with Crippen LogP contribution in [0.15, 0.2) is 0 Å². The van der Waals surface area contributed by atoms with Gasteiger partial charge in [-0.3, -0.25) is 9.69 Å². The van der Waals surface area contributed by atoms with E-state index in [4.69, 9.17) is 0 Å². The summed E-state index contributed by atoms with van der Waals surface area (Å²) in [6, 6.07) is 1.26. The van der Waals surface area contributed by atoms with Crippen molar-refractivity contribution in [1.29, 1.82) is 0 Å². The summed E-state index contributed by atoms with van der Waals surface area (Å²) in [6.45, 7) is 8.51. The van der Waals surface area contributed by atoms with Gasteiger partial charge in [0, 0.05) is 37.6 Å². The number of hydrogen-bond donors (Lipinski definition) is 2. The van der Waals surface area contributed by atoms with Crippen molar-refractivity contribution in [2.75, 3.05) is 26.2 Å². The molecule has 0 aromatic heterocycles. The Hall–Kier alpha value is -0.610. The summed E-state index contributed by atoms with van der Waals surface area (Å²) in [6.07, 6.45) is 3.41. The Morgan fingerprint density at radius 1 is 1.29 bits per heavy atom. The van der Waals surface area contributed by atoms with Crippen LogP contribution in [0.1, 0.15) is 33.1 Å². The van der Waals surface area contributed by atoms with Crippen LogP contribution >= 0.6 is 0 Å². The van der Waals surface area contributed by atoms with Gasteiger partial charge >= 0.3 is 0 Å². The Morgan fingerprint density at radius 3 is 2.65 bits per heavy atom. The third-order valence-electron chi connectivity index (χ3n) is 3.76. The molecule has 1 aliphatic carbocycles. The first-order chi connectivity index (χ1) is 8.16. The van der Waals surface area contributed by atoms with E-state index in [0.29, 0.717) is 18.0 Å². The lowest BCUT2D eigenvalue weighted by Gasteiger charge is -2.20. The maximum Gasteiger partial charge on any atom is 0.223 e. The minimum atomic E-state index is 0.252. The fourth-order valence-electron chi connectivity index (χ4n) is 2.37. The highest BCUT2D eigenvalue weighted by molar-refractivity contribution is 5.80. The Balaban J connectivity index is 1.52. The molecule has 4 heteroatoms. The van der Waals surface area contributed by atoms with Gasteiger partial charge in [-0.15, -0.1) is 0 Å². The van der Waals surface area contributed by atoms with Crippen LogP contribution in [0, 0.1) is 5.92 Å². The number of carbonyl (C=O) groups excluding carboxylic acids is 1. The van der Waals surface area contributed by atoms with Gasteiger partial charge in [-0.2, -0.15) is 0 Å². The van der Waals surface area contributed by atoms with E-state index in [-0.39, 0.29) is 5.91 Å². The summed E-state index contributed by atoms with van der Waals surface area (Å²) >= 11 is 0. The second-order valence-electron chi connectivity index (χ2n) is 5.59. The standard InChI is InChI=1S/C13H25N3O/c1-10(2)16-8-5-12(9-16)14-6-7-15-13(17)11-3-4-11/h10-12,14H,3-9H2,1-2H3,(H,15,17). The molecule has 1 saturated heterocycles. The van der Waals surface area contributed by atoms with Gasteiger partial charge in [0.2, 0.25) is 5.91 Å². The van der Waals surface area contributed by atoms with Crippen molar-refractivity contribution in [3.05, 3.63) is 0 Å². The van der Waals surface area contributed by atoms with Crippen molar-refractivity contribution in [2.24, 2.45) is 5.92 Å². The van der Waals surface area contributed by atoms with Crippen LogP contribution < -0.4 is 10.6 Å². The van der Waals surface area contributed by atoms with Crippen molar-refractivity contribution in [1.82, 2.24) is 15.5 Å². The fraction of sp³-hybridized carbons (Fsp3) is 0.923. The molecule has 1 saturated carbocycles. The minimum Gasteiger partial charge on any atom is -0.355 e. The molecule has 0 radical (unpaired) electrons. The number of hydrogen-bond acceptors (Lipinski definition) is 3. The van der Waals surface area contributed by atoms with E-state index in [2.05, 4.69) is 29.4 Å². The van der Waals surface area contributed by atoms with Gasteiger partial charge in [-0.05, 0) is 39.7 Å². The molecule has 17 heavy (non-hydrogen) atoms. The van der Waals surface area contributed by atoms with E-state index in [9.17, 15) is 4.79 Å². The Labute approximate surface area is 104 Å². The first kappa shape index (κ1) is 12.8. The summed E-state index contributed by atoms with van der Waals surface area (Å²) in [7, 11) is 0. The lowest BCUT2D eigenvalue weighted by molar-refractivity contribution is -0.122.